The first kappa shape index (κ1) is 16.7. The van der Waals surface area contributed by atoms with Gasteiger partial charge in [0.2, 0.25) is 0 Å². The molecule has 0 amide bonds. The number of ether oxygens (including phenoxy) is 1. The minimum Gasteiger partial charge on any atom is -0.465 e. The molecule has 0 saturated heterocycles. The van der Waals surface area contributed by atoms with Crippen molar-refractivity contribution in [2.24, 2.45) is 0 Å². The van der Waals surface area contributed by atoms with Crippen LogP contribution >= 0.6 is 0 Å². The number of carbonyl (C=O) groups excluding carboxylic acids is 1. The van der Waals surface area contributed by atoms with Gasteiger partial charge in [-0.1, -0.05) is 42.5 Å². The van der Waals surface area contributed by atoms with Crippen LogP contribution in [0.4, 0.5) is 10.1 Å². The van der Waals surface area contributed by atoms with E-state index in [9.17, 15) is 9.18 Å². The fourth-order valence-corrected chi connectivity index (χ4v) is 2.60. The summed E-state index contributed by atoms with van der Waals surface area (Å²) in [5.41, 5.74) is 4.28. The van der Waals surface area contributed by atoms with Crippen LogP contribution < -0.4 is 5.32 Å². The summed E-state index contributed by atoms with van der Waals surface area (Å²) in [7, 11) is 1.38. The summed E-state index contributed by atoms with van der Waals surface area (Å²) >= 11 is 0. The van der Waals surface area contributed by atoms with Gasteiger partial charge in [-0.15, -0.1) is 0 Å². The highest BCUT2D eigenvalue weighted by Gasteiger charge is 2.12. The zero-order valence-corrected chi connectivity index (χ0v) is 13.8. The van der Waals surface area contributed by atoms with Crippen LogP contribution in [-0.4, -0.2) is 13.1 Å². The van der Waals surface area contributed by atoms with E-state index < -0.39 is 0 Å². The summed E-state index contributed by atoms with van der Waals surface area (Å²) < 4.78 is 17.8. The molecule has 126 valence electrons. The molecule has 3 nitrogen and oxygen atoms in total. The molecular formula is C21H18FNO2. The minimum atomic E-state index is -0.349. The number of hydrogen-bond donors (Lipinski definition) is 1. The smallest absolute Gasteiger partial charge is 0.338 e. The molecule has 0 spiro atoms. The number of halogens is 1. The maximum atomic E-state index is 12.9. The molecule has 0 bridgehead atoms. The van der Waals surface area contributed by atoms with Gasteiger partial charge in [0.15, 0.2) is 0 Å². The third-order valence-corrected chi connectivity index (χ3v) is 3.94. The topological polar surface area (TPSA) is 38.3 Å². The molecule has 0 atom stereocenters. The van der Waals surface area contributed by atoms with E-state index in [-0.39, 0.29) is 11.8 Å². The normalized spacial score (nSPS) is 10.3. The Balaban J connectivity index is 1.74. The molecule has 3 rings (SSSR count). The number of hydrogen-bond acceptors (Lipinski definition) is 3. The van der Waals surface area contributed by atoms with Gasteiger partial charge in [-0.05, 0) is 47.0 Å². The Hall–Kier alpha value is -3.14. The highest BCUT2D eigenvalue weighted by Crippen LogP contribution is 2.25. The quantitative estimate of drug-likeness (QED) is 0.675. The number of carbonyl (C=O) groups is 1. The van der Waals surface area contributed by atoms with E-state index in [4.69, 9.17) is 4.74 Å². The van der Waals surface area contributed by atoms with E-state index >= 15 is 0 Å². The molecule has 0 aliphatic rings. The van der Waals surface area contributed by atoms with Crippen molar-refractivity contribution in [3.05, 3.63) is 89.7 Å². The van der Waals surface area contributed by atoms with Crippen molar-refractivity contribution in [2.75, 3.05) is 12.4 Å². The molecule has 0 aromatic heterocycles. The molecule has 3 aromatic carbocycles. The molecule has 0 radical (unpaired) electrons. The molecule has 25 heavy (non-hydrogen) atoms. The number of benzene rings is 3. The fraction of sp³-hybridized carbons (Fsp3) is 0.0952. The number of anilines is 1. The Labute approximate surface area is 146 Å². The van der Waals surface area contributed by atoms with E-state index in [1.807, 2.05) is 42.5 Å². The van der Waals surface area contributed by atoms with E-state index in [2.05, 4.69) is 5.32 Å². The van der Waals surface area contributed by atoms with Gasteiger partial charge in [0.05, 0.1) is 12.7 Å². The van der Waals surface area contributed by atoms with Gasteiger partial charge in [0, 0.05) is 12.2 Å². The van der Waals surface area contributed by atoms with E-state index in [1.54, 1.807) is 18.2 Å². The van der Waals surface area contributed by atoms with Crippen molar-refractivity contribution in [1.29, 1.82) is 0 Å². The zero-order chi connectivity index (χ0) is 17.6. The van der Waals surface area contributed by atoms with Gasteiger partial charge >= 0.3 is 5.97 Å². The number of methoxy groups -OCH3 is 1. The van der Waals surface area contributed by atoms with E-state index in [1.165, 1.54) is 19.2 Å². The fourth-order valence-electron chi connectivity index (χ4n) is 2.60. The summed E-state index contributed by atoms with van der Waals surface area (Å²) in [6, 6.07) is 21.6. The first-order chi connectivity index (χ1) is 12.2. The minimum absolute atomic E-state index is 0.251. The summed E-state index contributed by atoms with van der Waals surface area (Å²) in [4.78, 5) is 11.9. The van der Waals surface area contributed by atoms with Crippen molar-refractivity contribution in [3.8, 4) is 11.1 Å². The maximum Gasteiger partial charge on any atom is 0.338 e. The lowest BCUT2D eigenvalue weighted by Crippen LogP contribution is -2.03. The molecule has 0 heterocycles. The van der Waals surface area contributed by atoms with Crippen molar-refractivity contribution in [2.45, 2.75) is 6.54 Å². The van der Waals surface area contributed by atoms with E-state index in [0.29, 0.717) is 12.1 Å². The van der Waals surface area contributed by atoms with Gasteiger partial charge in [0.25, 0.3) is 0 Å². The van der Waals surface area contributed by atoms with Gasteiger partial charge in [-0.3, -0.25) is 0 Å². The van der Waals surface area contributed by atoms with Crippen molar-refractivity contribution < 1.29 is 13.9 Å². The molecule has 3 aromatic rings. The number of esters is 1. The SMILES string of the molecule is COC(=O)c1ccccc1-c1ccc(CNc2ccc(F)cc2)cc1. The largest absolute Gasteiger partial charge is 0.465 e. The Morgan fingerprint density at radius 3 is 2.32 bits per heavy atom. The molecule has 0 saturated carbocycles. The van der Waals surface area contributed by atoms with Crippen molar-refractivity contribution in [1.82, 2.24) is 0 Å². The zero-order valence-electron chi connectivity index (χ0n) is 13.8. The predicted octanol–water partition coefficient (Wildman–Crippen LogP) is 4.89. The van der Waals surface area contributed by atoms with Crippen molar-refractivity contribution >= 4 is 11.7 Å². The molecule has 0 fully saturated rings. The molecule has 1 N–H and O–H groups in total. The van der Waals surface area contributed by atoms with Crippen LogP contribution in [0.15, 0.2) is 72.8 Å². The summed E-state index contributed by atoms with van der Waals surface area (Å²) in [5.74, 6) is -0.600. The van der Waals surface area contributed by atoms with E-state index in [0.717, 1.165) is 22.4 Å². The molecule has 0 aliphatic carbocycles. The van der Waals surface area contributed by atoms with Crippen LogP contribution in [0.25, 0.3) is 11.1 Å². The third-order valence-electron chi connectivity index (χ3n) is 3.94. The van der Waals surface area contributed by atoms with Gasteiger partial charge < -0.3 is 10.1 Å². The van der Waals surface area contributed by atoms with Crippen LogP contribution in [0.1, 0.15) is 15.9 Å². The number of rotatable bonds is 5. The first-order valence-corrected chi connectivity index (χ1v) is 7.93. The second-order valence-corrected chi connectivity index (χ2v) is 5.59. The Bertz CT molecular complexity index is 858. The molecule has 0 aliphatic heterocycles. The van der Waals surface area contributed by atoms with Gasteiger partial charge in [0.1, 0.15) is 5.82 Å². The summed E-state index contributed by atoms with van der Waals surface area (Å²) in [5, 5.41) is 3.25. The average Bonchev–Trinajstić information content (AvgIpc) is 2.67. The summed E-state index contributed by atoms with van der Waals surface area (Å²) in [6.07, 6.45) is 0. The second kappa shape index (κ2) is 7.62. The highest BCUT2D eigenvalue weighted by molar-refractivity contribution is 5.97. The maximum absolute atomic E-state index is 12.9. The Morgan fingerprint density at radius 2 is 1.64 bits per heavy atom. The van der Waals surface area contributed by atoms with Crippen LogP contribution in [0.3, 0.4) is 0 Å². The standard InChI is InChI=1S/C21H18FNO2/c1-25-21(24)20-5-3-2-4-19(20)16-8-6-15(7-9-16)14-23-18-12-10-17(22)11-13-18/h2-13,23H,14H2,1H3. The summed E-state index contributed by atoms with van der Waals surface area (Å²) in [6.45, 7) is 0.630. The van der Waals surface area contributed by atoms with Crippen LogP contribution in [0.2, 0.25) is 0 Å². The van der Waals surface area contributed by atoms with Crippen molar-refractivity contribution in [3.63, 3.8) is 0 Å². The average molecular weight is 335 g/mol. The lowest BCUT2D eigenvalue weighted by molar-refractivity contribution is 0.0601. The van der Waals surface area contributed by atoms with Crippen LogP contribution in [-0.2, 0) is 11.3 Å². The molecule has 4 heteroatoms. The number of nitrogens with one attached hydrogen (secondary N) is 1. The predicted molar refractivity (Wildman–Crippen MR) is 96.9 cm³/mol. The lowest BCUT2D eigenvalue weighted by atomic mass is 9.98. The first-order valence-electron chi connectivity index (χ1n) is 7.93. The Kier molecular flexibility index (Phi) is 5.09. The molecular weight excluding hydrogens is 317 g/mol. The second-order valence-electron chi connectivity index (χ2n) is 5.59. The third kappa shape index (κ3) is 4.04. The monoisotopic (exact) mass is 335 g/mol. The Morgan fingerprint density at radius 1 is 0.960 bits per heavy atom. The molecule has 0 unspecified atom stereocenters. The van der Waals surface area contributed by atoms with Crippen LogP contribution in [0.5, 0.6) is 0 Å². The highest BCUT2D eigenvalue weighted by atomic mass is 19.1. The lowest BCUT2D eigenvalue weighted by Gasteiger charge is -2.10. The van der Waals surface area contributed by atoms with Crippen LogP contribution in [0, 0.1) is 5.82 Å². The van der Waals surface area contributed by atoms with Gasteiger partial charge in [-0.2, -0.15) is 0 Å². The van der Waals surface area contributed by atoms with Gasteiger partial charge in [-0.25, -0.2) is 9.18 Å².